The topological polar surface area (TPSA) is 59.3 Å². The number of nitrogens with zero attached hydrogens (tertiary/aromatic N) is 6. The van der Waals surface area contributed by atoms with Gasteiger partial charge in [-0.15, -0.1) is 10.2 Å². The van der Waals surface area contributed by atoms with E-state index in [4.69, 9.17) is 16.3 Å². The van der Waals surface area contributed by atoms with Gasteiger partial charge in [0.25, 0.3) is 5.92 Å². The van der Waals surface area contributed by atoms with Gasteiger partial charge in [0.05, 0.1) is 32.1 Å². The normalized spacial score (nSPS) is 18.9. The molecule has 0 amide bonds. The van der Waals surface area contributed by atoms with Crippen molar-refractivity contribution in [2.75, 3.05) is 31.6 Å². The number of methoxy groups -OCH3 is 1. The lowest BCUT2D eigenvalue weighted by Gasteiger charge is -2.33. The second-order valence-electron chi connectivity index (χ2n) is 10.2. The minimum absolute atomic E-state index is 0.118. The molecule has 6 rings (SSSR count). The molecule has 1 saturated carbocycles. The van der Waals surface area contributed by atoms with E-state index in [9.17, 15) is 13.2 Å². The Morgan fingerprint density at radius 3 is 2.59 bits per heavy atom. The summed E-state index contributed by atoms with van der Waals surface area (Å²) >= 11 is 6.32. The molecule has 4 heterocycles. The van der Waals surface area contributed by atoms with E-state index < -0.39 is 17.7 Å². The first-order valence-corrected chi connectivity index (χ1v) is 13.0. The summed E-state index contributed by atoms with van der Waals surface area (Å²) in [6.07, 6.45) is 3.94. The smallest absolute Gasteiger partial charge is 0.263 e. The number of aromatic nitrogens is 4. The van der Waals surface area contributed by atoms with Crippen molar-refractivity contribution in [3.8, 4) is 11.4 Å². The van der Waals surface area contributed by atoms with Crippen LogP contribution < -0.4 is 9.64 Å². The summed E-state index contributed by atoms with van der Waals surface area (Å²) < 4.78 is 50.5. The van der Waals surface area contributed by atoms with Gasteiger partial charge in [-0.25, -0.2) is 18.2 Å². The average Bonchev–Trinajstić information content (AvgIpc) is 3.68. The molecule has 0 unspecified atom stereocenters. The van der Waals surface area contributed by atoms with Crippen LogP contribution in [0.15, 0.2) is 30.5 Å². The van der Waals surface area contributed by atoms with E-state index in [0.29, 0.717) is 54.9 Å². The monoisotopic (exact) mass is 532 g/mol. The zero-order chi connectivity index (χ0) is 25.7. The van der Waals surface area contributed by atoms with Crippen molar-refractivity contribution in [2.45, 2.75) is 50.6 Å². The molecule has 3 aromatic rings. The van der Waals surface area contributed by atoms with Gasteiger partial charge in [0.15, 0.2) is 17.4 Å². The Kier molecular flexibility index (Phi) is 6.27. The molecular formula is C26H28ClF3N6O. The molecule has 2 aliphatic heterocycles. The van der Waals surface area contributed by atoms with Crippen LogP contribution in [0.3, 0.4) is 0 Å². The van der Waals surface area contributed by atoms with E-state index in [1.54, 1.807) is 4.90 Å². The predicted molar refractivity (Wildman–Crippen MR) is 133 cm³/mol. The predicted octanol–water partition coefficient (Wildman–Crippen LogP) is 5.21. The minimum atomic E-state index is -2.72. The number of alkyl halides is 2. The highest BCUT2D eigenvalue weighted by Crippen LogP contribution is 2.44. The van der Waals surface area contributed by atoms with E-state index in [1.165, 1.54) is 19.4 Å². The van der Waals surface area contributed by atoms with Gasteiger partial charge in [-0.05, 0) is 49.4 Å². The lowest BCUT2D eigenvalue weighted by Crippen LogP contribution is -2.37. The van der Waals surface area contributed by atoms with Crippen LogP contribution in [-0.4, -0.2) is 57.3 Å². The Balaban J connectivity index is 1.27. The molecule has 1 aliphatic carbocycles. The second-order valence-corrected chi connectivity index (χ2v) is 10.6. The highest BCUT2D eigenvalue weighted by molar-refractivity contribution is 6.30. The van der Waals surface area contributed by atoms with Gasteiger partial charge in [-0.2, -0.15) is 0 Å². The minimum Gasteiger partial charge on any atom is -0.493 e. The number of rotatable bonds is 6. The molecule has 0 spiro atoms. The summed E-state index contributed by atoms with van der Waals surface area (Å²) in [5.74, 6) is -1.06. The van der Waals surface area contributed by atoms with Crippen molar-refractivity contribution >= 4 is 17.4 Å². The number of hydrogen-bond donors (Lipinski definition) is 0. The first-order valence-electron chi connectivity index (χ1n) is 12.6. The van der Waals surface area contributed by atoms with E-state index in [1.807, 2.05) is 22.8 Å². The van der Waals surface area contributed by atoms with E-state index >= 15 is 0 Å². The van der Waals surface area contributed by atoms with Crippen molar-refractivity contribution in [2.24, 2.45) is 5.92 Å². The SMILES string of the molecule is COc1cc(F)cnc1N1CCC(c2nnc3n2-c2ccc(Cl)cc2CN(CC(F)(F)C2CC2)C3)CC1. The molecule has 2 fully saturated rings. The molecule has 0 N–H and O–H groups in total. The maximum absolute atomic E-state index is 14.8. The van der Waals surface area contributed by atoms with E-state index in [-0.39, 0.29) is 19.0 Å². The van der Waals surface area contributed by atoms with Gasteiger partial charge in [-0.1, -0.05) is 11.6 Å². The Labute approximate surface area is 218 Å². The molecule has 2 aromatic heterocycles. The van der Waals surface area contributed by atoms with Crippen molar-refractivity contribution in [3.63, 3.8) is 0 Å². The van der Waals surface area contributed by atoms with Gasteiger partial charge in [0, 0.05) is 42.6 Å². The molecule has 0 radical (unpaired) electrons. The maximum atomic E-state index is 14.8. The molecule has 196 valence electrons. The van der Waals surface area contributed by atoms with E-state index in [0.717, 1.165) is 29.9 Å². The molecule has 1 saturated heterocycles. The summed E-state index contributed by atoms with van der Waals surface area (Å²) in [6.45, 7) is 1.73. The van der Waals surface area contributed by atoms with Crippen LogP contribution in [0.2, 0.25) is 5.02 Å². The summed E-state index contributed by atoms with van der Waals surface area (Å²) in [7, 11) is 1.51. The van der Waals surface area contributed by atoms with Crippen LogP contribution in [-0.2, 0) is 13.1 Å². The molecule has 0 bridgehead atoms. The highest BCUT2D eigenvalue weighted by Gasteiger charge is 2.48. The van der Waals surface area contributed by atoms with Crippen LogP contribution in [0.5, 0.6) is 5.75 Å². The van der Waals surface area contributed by atoms with Crippen LogP contribution in [0.4, 0.5) is 19.0 Å². The zero-order valence-corrected chi connectivity index (χ0v) is 21.3. The molecule has 1 aromatic carbocycles. The van der Waals surface area contributed by atoms with Gasteiger partial charge in [0.2, 0.25) is 0 Å². The molecule has 11 heteroatoms. The van der Waals surface area contributed by atoms with Crippen molar-refractivity contribution in [1.82, 2.24) is 24.6 Å². The maximum Gasteiger partial charge on any atom is 0.263 e. The number of fused-ring (bicyclic) bond motifs is 3. The number of halogens is 4. The third kappa shape index (κ3) is 4.77. The van der Waals surface area contributed by atoms with Crippen molar-refractivity contribution in [3.05, 3.63) is 58.5 Å². The number of piperidine rings is 1. The third-order valence-corrected chi connectivity index (χ3v) is 7.82. The molecule has 37 heavy (non-hydrogen) atoms. The standard InChI is InChI=1S/C26H28ClF3N6O/c1-37-22-11-20(28)12-31-25(22)35-8-6-16(7-9-35)24-33-32-23-14-34(15-26(29,30)18-2-3-18)13-17-10-19(27)4-5-21(17)36(23)24/h4-5,10-12,16,18H,2-3,6-9,13-15H2,1H3. The van der Waals surface area contributed by atoms with Crippen LogP contribution >= 0.6 is 11.6 Å². The fraction of sp³-hybridized carbons (Fsp3) is 0.500. The van der Waals surface area contributed by atoms with Crippen LogP contribution in [0.1, 0.15) is 48.8 Å². The Bertz CT molecular complexity index is 1310. The number of anilines is 1. The van der Waals surface area contributed by atoms with Crippen LogP contribution in [0, 0.1) is 11.7 Å². The average molecular weight is 533 g/mol. The van der Waals surface area contributed by atoms with Gasteiger partial charge >= 0.3 is 0 Å². The lowest BCUT2D eigenvalue weighted by molar-refractivity contribution is -0.0558. The summed E-state index contributed by atoms with van der Waals surface area (Å²) in [5, 5.41) is 9.61. The largest absolute Gasteiger partial charge is 0.493 e. The molecule has 0 atom stereocenters. The summed E-state index contributed by atoms with van der Waals surface area (Å²) in [5.41, 5.74) is 1.78. The van der Waals surface area contributed by atoms with Crippen molar-refractivity contribution in [1.29, 1.82) is 0 Å². The summed E-state index contributed by atoms with van der Waals surface area (Å²) in [4.78, 5) is 8.10. The number of benzene rings is 1. The Morgan fingerprint density at radius 1 is 1.08 bits per heavy atom. The quantitative estimate of drug-likeness (QED) is 0.434. The van der Waals surface area contributed by atoms with Crippen LogP contribution in [0.25, 0.3) is 5.69 Å². The highest BCUT2D eigenvalue weighted by atomic mass is 35.5. The number of pyridine rings is 1. The second kappa shape index (κ2) is 9.47. The summed E-state index contributed by atoms with van der Waals surface area (Å²) in [6, 6.07) is 6.94. The number of hydrogen-bond acceptors (Lipinski definition) is 6. The zero-order valence-electron chi connectivity index (χ0n) is 20.5. The lowest BCUT2D eigenvalue weighted by atomic mass is 9.95. The van der Waals surface area contributed by atoms with Gasteiger partial charge < -0.3 is 9.64 Å². The fourth-order valence-corrected chi connectivity index (χ4v) is 5.75. The molecule has 3 aliphatic rings. The third-order valence-electron chi connectivity index (χ3n) is 7.58. The van der Waals surface area contributed by atoms with Crippen molar-refractivity contribution < 1.29 is 17.9 Å². The Morgan fingerprint density at radius 2 is 1.86 bits per heavy atom. The van der Waals surface area contributed by atoms with E-state index in [2.05, 4.69) is 20.1 Å². The first kappa shape index (κ1) is 24.5. The number of ether oxygens (including phenoxy) is 1. The molecule has 7 nitrogen and oxygen atoms in total. The van der Waals surface area contributed by atoms with Gasteiger partial charge in [0.1, 0.15) is 11.6 Å². The molecular weight excluding hydrogens is 505 g/mol. The Hall–Kier alpha value is -2.85. The fourth-order valence-electron chi connectivity index (χ4n) is 5.55. The first-order chi connectivity index (χ1) is 17.8. The van der Waals surface area contributed by atoms with Gasteiger partial charge in [-0.3, -0.25) is 9.47 Å².